The smallest absolute Gasteiger partial charge is 0.0940 e. The first kappa shape index (κ1) is 14.8. The molecule has 3 saturated carbocycles. The Morgan fingerprint density at radius 1 is 1.10 bits per heavy atom. The highest BCUT2D eigenvalue weighted by atomic mass is 16.5. The van der Waals surface area contributed by atoms with E-state index in [2.05, 4.69) is 6.92 Å². The Morgan fingerprint density at radius 2 is 1.85 bits per heavy atom. The van der Waals surface area contributed by atoms with Gasteiger partial charge in [-0.1, -0.05) is 32.1 Å². The quantitative estimate of drug-likeness (QED) is 0.761. The Labute approximate surface area is 124 Å². The van der Waals surface area contributed by atoms with Crippen LogP contribution in [0.5, 0.6) is 0 Å². The third-order valence-electron chi connectivity index (χ3n) is 6.40. The molecule has 2 heteroatoms. The van der Waals surface area contributed by atoms with E-state index in [4.69, 9.17) is 4.74 Å². The summed E-state index contributed by atoms with van der Waals surface area (Å²) in [6.07, 6.45) is 13.7. The van der Waals surface area contributed by atoms with Crippen molar-refractivity contribution in [3.05, 3.63) is 0 Å². The van der Waals surface area contributed by atoms with Crippen LogP contribution >= 0.6 is 0 Å². The van der Waals surface area contributed by atoms with Crippen LogP contribution in [-0.2, 0) is 4.74 Å². The molecule has 0 aromatic rings. The van der Waals surface area contributed by atoms with Crippen LogP contribution in [0.15, 0.2) is 0 Å². The van der Waals surface area contributed by atoms with E-state index in [9.17, 15) is 5.11 Å². The zero-order chi connectivity index (χ0) is 14.0. The summed E-state index contributed by atoms with van der Waals surface area (Å²) in [6.45, 7) is 2.82. The Hall–Kier alpha value is -0.0800. The number of hydrogen-bond acceptors (Lipinski definition) is 2. The molecule has 4 atom stereocenters. The zero-order valence-corrected chi connectivity index (χ0v) is 13.2. The summed E-state index contributed by atoms with van der Waals surface area (Å²) in [5.41, 5.74) is -0.215. The van der Waals surface area contributed by atoms with E-state index in [1.54, 1.807) is 0 Å². The van der Waals surface area contributed by atoms with E-state index in [1.807, 2.05) is 0 Å². The van der Waals surface area contributed by atoms with Crippen molar-refractivity contribution in [2.24, 2.45) is 17.8 Å². The van der Waals surface area contributed by atoms with Gasteiger partial charge < -0.3 is 9.84 Å². The van der Waals surface area contributed by atoms with Gasteiger partial charge in [0.1, 0.15) is 0 Å². The minimum absolute atomic E-state index is 0.215. The van der Waals surface area contributed by atoms with Crippen LogP contribution in [-0.4, -0.2) is 23.4 Å². The average Bonchev–Trinajstić information content (AvgIpc) is 2.96. The molecule has 116 valence electrons. The van der Waals surface area contributed by atoms with Gasteiger partial charge in [0.15, 0.2) is 0 Å². The molecule has 3 aliphatic carbocycles. The Morgan fingerprint density at radius 3 is 2.40 bits per heavy atom. The highest BCUT2D eigenvalue weighted by molar-refractivity contribution is 4.96. The van der Waals surface area contributed by atoms with Gasteiger partial charge in [0, 0.05) is 6.61 Å². The van der Waals surface area contributed by atoms with Crippen molar-refractivity contribution in [3.8, 4) is 0 Å². The molecule has 1 N–H and O–H groups in total. The van der Waals surface area contributed by atoms with Crippen molar-refractivity contribution in [1.82, 2.24) is 0 Å². The second-order valence-corrected chi connectivity index (χ2v) is 7.60. The molecule has 0 spiro atoms. The molecular formula is C18H32O2. The first-order chi connectivity index (χ1) is 9.73. The fourth-order valence-corrected chi connectivity index (χ4v) is 5.35. The van der Waals surface area contributed by atoms with Gasteiger partial charge >= 0.3 is 0 Å². The highest BCUT2D eigenvalue weighted by Gasteiger charge is 2.45. The summed E-state index contributed by atoms with van der Waals surface area (Å²) >= 11 is 0. The van der Waals surface area contributed by atoms with Crippen LogP contribution in [0, 0.1) is 17.8 Å². The number of rotatable bonds is 5. The van der Waals surface area contributed by atoms with E-state index < -0.39 is 0 Å². The van der Waals surface area contributed by atoms with Crippen molar-refractivity contribution >= 4 is 0 Å². The molecule has 0 aliphatic heterocycles. The van der Waals surface area contributed by atoms with E-state index in [1.165, 1.54) is 51.4 Å². The van der Waals surface area contributed by atoms with Crippen LogP contribution in [0.2, 0.25) is 0 Å². The molecule has 3 fully saturated rings. The van der Waals surface area contributed by atoms with Gasteiger partial charge in [-0.2, -0.15) is 0 Å². The zero-order valence-electron chi connectivity index (χ0n) is 13.2. The summed E-state index contributed by atoms with van der Waals surface area (Å²) in [4.78, 5) is 0. The predicted octanol–water partition coefficient (Wildman–Crippen LogP) is 4.30. The number of hydrogen-bond donors (Lipinski definition) is 1. The van der Waals surface area contributed by atoms with Crippen molar-refractivity contribution in [2.45, 2.75) is 89.3 Å². The molecule has 0 aromatic carbocycles. The Bertz CT molecular complexity index is 307. The SMILES string of the molecule is CCOC1(C(O)CC2CC3CCC2C3)CCCCCC1. The molecule has 0 heterocycles. The molecule has 2 nitrogen and oxygen atoms in total. The molecule has 4 unspecified atom stereocenters. The standard InChI is InChI=1S/C18H32O2/c1-2-20-18(9-5-3-4-6-10-18)17(19)13-16-12-14-7-8-15(16)11-14/h14-17,19H,2-13H2,1H3. The van der Waals surface area contributed by atoms with Gasteiger partial charge in [0.05, 0.1) is 11.7 Å². The number of fused-ring (bicyclic) bond motifs is 2. The Kier molecular flexibility index (Phi) is 4.72. The molecule has 0 saturated heterocycles. The summed E-state index contributed by atoms with van der Waals surface area (Å²) in [5.74, 6) is 2.68. The average molecular weight is 280 g/mol. The number of ether oxygens (including phenoxy) is 1. The van der Waals surface area contributed by atoms with E-state index in [0.29, 0.717) is 0 Å². The number of aliphatic hydroxyl groups excluding tert-OH is 1. The van der Waals surface area contributed by atoms with Crippen LogP contribution < -0.4 is 0 Å². The summed E-state index contributed by atoms with van der Waals surface area (Å²) < 4.78 is 6.15. The van der Waals surface area contributed by atoms with Gasteiger partial charge in [-0.15, -0.1) is 0 Å². The second kappa shape index (κ2) is 6.36. The lowest BCUT2D eigenvalue weighted by atomic mass is 9.78. The van der Waals surface area contributed by atoms with Crippen LogP contribution in [0.4, 0.5) is 0 Å². The normalized spacial score (nSPS) is 37.8. The lowest BCUT2D eigenvalue weighted by molar-refractivity contribution is -0.136. The van der Waals surface area contributed by atoms with Crippen LogP contribution in [0.25, 0.3) is 0 Å². The minimum atomic E-state index is -0.232. The number of aliphatic hydroxyl groups is 1. The van der Waals surface area contributed by atoms with Crippen molar-refractivity contribution in [3.63, 3.8) is 0 Å². The predicted molar refractivity (Wildman–Crippen MR) is 81.6 cm³/mol. The van der Waals surface area contributed by atoms with Gasteiger partial charge in [-0.05, 0) is 63.2 Å². The summed E-state index contributed by atoms with van der Waals surface area (Å²) in [6, 6.07) is 0. The van der Waals surface area contributed by atoms with E-state index in [-0.39, 0.29) is 11.7 Å². The first-order valence-electron chi connectivity index (χ1n) is 9.05. The van der Waals surface area contributed by atoms with E-state index in [0.717, 1.165) is 43.6 Å². The third kappa shape index (κ3) is 2.92. The fourth-order valence-electron chi connectivity index (χ4n) is 5.35. The molecule has 0 amide bonds. The second-order valence-electron chi connectivity index (χ2n) is 7.60. The van der Waals surface area contributed by atoms with Gasteiger partial charge in [0.25, 0.3) is 0 Å². The molecular weight excluding hydrogens is 248 g/mol. The molecule has 3 rings (SSSR count). The topological polar surface area (TPSA) is 29.5 Å². The molecule has 2 bridgehead atoms. The van der Waals surface area contributed by atoms with Crippen molar-refractivity contribution < 1.29 is 9.84 Å². The van der Waals surface area contributed by atoms with E-state index >= 15 is 0 Å². The third-order valence-corrected chi connectivity index (χ3v) is 6.40. The molecule has 20 heavy (non-hydrogen) atoms. The van der Waals surface area contributed by atoms with Gasteiger partial charge in [0.2, 0.25) is 0 Å². The van der Waals surface area contributed by atoms with Gasteiger partial charge in [-0.25, -0.2) is 0 Å². The van der Waals surface area contributed by atoms with Gasteiger partial charge in [-0.3, -0.25) is 0 Å². The summed E-state index contributed by atoms with van der Waals surface area (Å²) in [5, 5.41) is 10.9. The van der Waals surface area contributed by atoms with Crippen LogP contribution in [0.3, 0.4) is 0 Å². The molecule has 3 aliphatic rings. The maximum atomic E-state index is 10.9. The molecule has 0 aromatic heterocycles. The first-order valence-corrected chi connectivity index (χ1v) is 9.05. The summed E-state index contributed by atoms with van der Waals surface area (Å²) in [7, 11) is 0. The van der Waals surface area contributed by atoms with Crippen molar-refractivity contribution in [2.75, 3.05) is 6.61 Å². The minimum Gasteiger partial charge on any atom is -0.390 e. The lowest BCUT2D eigenvalue weighted by Gasteiger charge is -2.39. The lowest BCUT2D eigenvalue weighted by Crippen LogP contribution is -2.46. The van der Waals surface area contributed by atoms with Crippen molar-refractivity contribution in [1.29, 1.82) is 0 Å². The maximum absolute atomic E-state index is 10.9. The maximum Gasteiger partial charge on any atom is 0.0940 e. The monoisotopic (exact) mass is 280 g/mol. The highest BCUT2D eigenvalue weighted by Crippen LogP contribution is 2.51. The largest absolute Gasteiger partial charge is 0.390 e. The van der Waals surface area contributed by atoms with Crippen LogP contribution in [0.1, 0.15) is 77.6 Å². The Balaban J connectivity index is 1.63. The molecule has 0 radical (unpaired) electrons. The fraction of sp³-hybridized carbons (Fsp3) is 1.00.